The highest BCUT2D eigenvalue weighted by Gasteiger charge is 2.23. The normalized spacial score (nSPS) is 16.0. The molecule has 1 saturated heterocycles. The number of carbonyl (C=O) groups excluding carboxylic acids is 1. The van der Waals surface area contributed by atoms with Crippen LogP contribution in [-0.4, -0.2) is 63.2 Å². The number of piperazine rings is 1. The van der Waals surface area contributed by atoms with Crippen LogP contribution in [0.1, 0.15) is 37.0 Å². The summed E-state index contributed by atoms with van der Waals surface area (Å²) >= 11 is 1.43. The Kier molecular flexibility index (Phi) is 5.52. The second kappa shape index (κ2) is 7.67. The van der Waals surface area contributed by atoms with Crippen molar-refractivity contribution in [1.29, 1.82) is 0 Å². The van der Waals surface area contributed by atoms with Gasteiger partial charge in [0.1, 0.15) is 5.69 Å². The quantitative estimate of drug-likeness (QED) is 0.809. The van der Waals surface area contributed by atoms with E-state index in [1.165, 1.54) is 11.3 Å². The molecule has 1 amide bonds. The summed E-state index contributed by atoms with van der Waals surface area (Å²) in [6.45, 7) is 10.5. The van der Waals surface area contributed by atoms with Crippen molar-refractivity contribution >= 4 is 17.2 Å². The van der Waals surface area contributed by atoms with E-state index in [1.54, 1.807) is 21.6 Å². The van der Waals surface area contributed by atoms with Crippen molar-refractivity contribution in [3.63, 3.8) is 0 Å². The smallest absolute Gasteiger partial charge is 0.273 e. The number of nitrogens with zero attached hydrogens (tertiary/aromatic N) is 5. The summed E-state index contributed by atoms with van der Waals surface area (Å²) in [5.41, 5.74) is 2.96. The first-order chi connectivity index (χ1) is 12.3. The average molecular weight is 375 g/mol. The number of carbonyl (C=O) groups is 1. The summed E-state index contributed by atoms with van der Waals surface area (Å²) in [5.74, 6) is 0.00154. The molecule has 7 nitrogen and oxygen atoms in total. The molecule has 3 rings (SSSR count). The molecule has 1 aliphatic heterocycles. The van der Waals surface area contributed by atoms with Crippen LogP contribution in [0.5, 0.6) is 0 Å². The zero-order valence-electron chi connectivity index (χ0n) is 15.5. The minimum absolute atomic E-state index is 0.00154. The van der Waals surface area contributed by atoms with Gasteiger partial charge in [0.15, 0.2) is 0 Å². The molecule has 0 unspecified atom stereocenters. The SMILES string of the molecule is CC(C)(C)c1ccc(=O)n(CCN2CCN(C(=O)c3cscn3)CC2)n1. The Hall–Kier alpha value is -2.06. The van der Waals surface area contributed by atoms with Gasteiger partial charge in [-0.05, 0) is 6.07 Å². The van der Waals surface area contributed by atoms with Crippen molar-refractivity contribution < 1.29 is 4.79 Å². The Morgan fingerprint density at radius 3 is 2.50 bits per heavy atom. The first kappa shape index (κ1) is 18.7. The van der Waals surface area contributed by atoms with Gasteiger partial charge in [0, 0.05) is 49.6 Å². The van der Waals surface area contributed by atoms with Gasteiger partial charge < -0.3 is 4.90 Å². The van der Waals surface area contributed by atoms with Crippen molar-refractivity contribution in [2.24, 2.45) is 0 Å². The summed E-state index contributed by atoms with van der Waals surface area (Å²) in [4.78, 5) is 32.6. The van der Waals surface area contributed by atoms with Gasteiger partial charge in [-0.3, -0.25) is 14.5 Å². The molecule has 0 aliphatic carbocycles. The molecule has 26 heavy (non-hydrogen) atoms. The molecule has 3 heterocycles. The zero-order valence-corrected chi connectivity index (χ0v) is 16.3. The largest absolute Gasteiger partial charge is 0.335 e. The van der Waals surface area contributed by atoms with Crippen LogP contribution < -0.4 is 5.56 Å². The summed E-state index contributed by atoms with van der Waals surface area (Å²) in [5, 5.41) is 6.30. The van der Waals surface area contributed by atoms with E-state index in [2.05, 4.69) is 35.8 Å². The third kappa shape index (κ3) is 4.37. The lowest BCUT2D eigenvalue weighted by Gasteiger charge is -2.34. The van der Waals surface area contributed by atoms with Crippen molar-refractivity contribution in [2.75, 3.05) is 32.7 Å². The van der Waals surface area contributed by atoms with Crippen LogP contribution in [0.4, 0.5) is 0 Å². The highest BCUT2D eigenvalue weighted by atomic mass is 32.1. The maximum absolute atomic E-state index is 12.3. The van der Waals surface area contributed by atoms with E-state index in [1.807, 2.05) is 11.0 Å². The number of rotatable bonds is 4. The van der Waals surface area contributed by atoms with Gasteiger partial charge in [-0.2, -0.15) is 5.10 Å². The average Bonchev–Trinajstić information content (AvgIpc) is 3.14. The molecule has 8 heteroatoms. The Morgan fingerprint density at radius 1 is 1.15 bits per heavy atom. The number of hydrogen-bond donors (Lipinski definition) is 0. The monoisotopic (exact) mass is 375 g/mol. The highest BCUT2D eigenvalue weighted by Crippen LogP contribution is 2.18. The Morgan fingerprint density at radius 2 is 1.88 bits per heavy atom. The molecular formula is C18H25N5O2S. The molecule has 0 aromatic carbocycles. The van der Waals surface area contributed by atoms with E-state index >= 15 is 0 Å². The van der Waals surface area contributed by atoms with Crippen LogP contribution in [-0.2, 0) is 12.0 Å². The summed E-state index contributed by atoms with van der Waals surface area (Å²) in [6.07, 6.45) is 0. The van der Waals surface area contributed by atoms with Crippen LogP contribution >= 0.6 is 11.3 Å². The third-order valence-corrected chi connectivity index (χ3v) is 5.16. The standard InChI is InChI=1S/C18H25N5O2S/c1-18(2,3)15-4-5-16(24)23(20-15)11-8-21-6-9-22(10-7-21)17(25)14-12-26-13-19-14/h4-5,12-13H,6-11H2,1-3H3. The fourth-order valence-electron chi connectivity index (χ4n) is 2.90. The molecule has 2 aromatic heterocycles. The van der Waals surface area contributed by atoms with Crippen molar-refractivity contribution in [2.45, 2.75) is 32.7 Å². The van der Waals surface area contributed by atoms with Gasteiger partial charge in [-0.25, -0.2) is 9.67 Å². The first-order valence-corrected chi connectivity index (χ1v) is 9.77. The van der Waals surface area contributed by atoms with Crippen LogP contribution in [0.15, 0.2) is 27.8 Å². The van der Waals surface area contributed by atoms with Gasteiger partial charge in [0.2, 0.25) is 0 Å². The fraction of sp³-hybridized carbons (Fsp3) is 0.556. The molecule has 0 radical (unpaired) electrons. The van der Waals surface area contributed by atoms with Crippen molar-refractivity contribution in [1.82, 2.24) is 24.6 Å². The molecule has 0 bridgehead atoms. The highest BCUT2D eigenvalue weighted by molar-refractivity contribution is 7.07. The Labute approximate surface area is 157 Å². The van der Waals surface area contributed by atoms with Crippen LogP contribution in [0, 0.1) is 0 Å². The fourth-order valence-corrected chi connectivity index (χ4v) is 3.43. The van der Waals surface area contributed by atoms with Gasteiger partial charge in [-0.1, -0.05) is 20.8 Å². The summed E-state index contributed by atoms with van der Waals surface area (Å²) in [7, 11) is 0. The van der Waals surface area contributed by atoms with Crippen LogP contribution in [0.25, 0.3) is 0 Å². The van der Waals surface area contributed by atoms with Gasteiger partial charge in [0.25, 0.3) is 11.5 Å². The minimum atomic E-state index is -0.0862. The molecular weight excluding hydrogens is 350 g/mol. The molecule has 0 spiro atoms. The first-order valence-electron chi connectivity index (χ1n) is 8.83. The van der Waals surface area contributed by atoms with Gasteiger partial charge in [0.05, 0.1) is 17.7 Å². The van der Waals surface area contributed by atoms with E-state index < -0.39 is 0 Å². The van der Waals surface area contributed by atoms with E-state index in [0.717, 1.165) is 25.3 Å². The number of hydrogen-bond acceptors (Lipinski definition) is 6. The molecule has 140 valence electrons. The number of thiazole rings is 1. The van der Waals surface area contributed by atoms with Gasteiger partial charge in [-0.15, -0.1) is 11.3 Å². The lowest BCUT2D eigenvalue weighted by molar-refractivity contribution is 0.0626. The molecule has 1 aliphatic rings. The topological polar surface area (TPSA) is 71.3 Å². The Bertz CT molecular complexity index is 802. The lowest BCUT2D eigenvalue weighted by Crippen LogP contribution is -2.49. The van der Waals surface area contributed by atoms with E-state index in [0.29, 0.717) is 25.3 Å². The van der Waals surface area contributed by atoms with Gasteiger partial charge >= 0.3 is 0 Å². The maximum Gasteiger partial charge on any atom is 0.273 e. The van der Waals surface area contributed by atoms with Crippen molar-refractivity contribution in [3.8, 4) is 0 Å². The Balaban J connectivity index is 1.54. The summed E-state index contributed by atoms with van der Waals surface area (Å²) in [6, 6.07) is 3.40. The molecule has 2 aromatic rings. The second-order valence-corrected chi connectivity index (χ2v) is 8.26. The molecule has 0 saturated carbocycles. The molecule has 1 fully saturated rings. The predicted molar refractivity (Wildman–Crippen MR) is 102 cm³/mol. The van der Waals surface area contributed by atoms with E-state index in [4.69, 9.17) is 0 Å². The number of aromatic nitrogens is 3. The second-order valence-electron chi connectivity index (χ2n) is 7.54. The van der Waals surface area contributed by atoms with E-state index in [-0.39, 0.29) is 16.9 Å². The van der Waals surface area contributed by atoms with E-state index in [9.17, 15) is 9.59 Å². The number of amides is 1. The van der Waals surface area contributed by atoms with Crippen molar-refractivity contribution in [3.05, 3.63) is 44.8 Å². The molecule has 0 atom stereocenters. The molecule has 0 N–H and O–H groups in total. The van der Waals surface area contributed by atoms with Crippen LogP contribution in [0.2, 0.25) is 0 Å². The zero-order chi connectivity index (χ0) is 18.7. The predicted octanol–water partition coefficient (Wildman–Crippen LogP) is 1.46. The maximum atomic E-state index is 12.3. The van der Waals surface area contributed by atoms with Crippen LogP contribution in [0.3, 0.4) is 0 Å². The minimum Gasteiger partial charge on any atom is -0.335 e. The summed E-state index contributed by atoms with van der Waals surface area (Å²) < 4.78 is 1.55. The lowest BCUT2D eigenvalue weighted by atomic mass is 9.92. The third-order valence-electron chi connectivity index (χ3n) is 4.57.